The molecule has 104 valence electrons. The number of hydrogen-bond donors (Lipinski definition) is 2. The Morgan fingerprint density at radius 1 is 1.25 bits per heavy atom. The third-order valence-corrected chi connectivity index (χ3v) is 3.86. The SMILES string of the molecule is NC[C@@H]1CCN(Cc2ccc3ccc(=O)[nH]c3c2)C1=O. The molecule has 5 heteroatoms. The van der Waals surface area contributed by atoms with Crippen LogP contribution in [0.5, 0.6) is 0 Å². The lowest BCUT2D eigenvalue weighted by molar-refractivity contribution is -0.131. The van der Waals surface area contributed by atoms with E-state index in [0.717, 1.165) is 29.4 Å². The molecule has 1 saturated heterocycles. The number of aromatic nitrogens is 1. The van der Waals surface area contributed by atoms with Gasteiger partial charge in [0, 0.05) is 31.2 Å². The minimum atomic E-state index is -0.116. The number of amides is 1. The van der Waals surface area contributed by atoms with Crippen LogP contribution in [0, 0.1) is 5.92 Å². The van der Waals surface area contributed by atoms with E-state index in [0.29, 0.717) is 13.1 Å². The van der Waals surface area contributed by atoms with E-state index in [1.54, 1.807) is 6.07 Å². The smallest absolute Gasteiger partial charge is 0.248 e. The third-order valence-electron chi connectivity index (χ3n) is 3.86. The van der Waals surface area contributed by atoms with Gasteiger partial charge in [0.15, 0.2) is 0 Å². The molecule has 0 aliphatic carbocycles. The van der Waals surface area contributed by atoms with Crippen LogP contribution in [0.2, 0.25) is 0 Å². The second-order valence-electron chi connectivity index (χ2n) is 5.23. The second-order valence-corrected chi connectivity index (χ2v) is 5.23. The van der Waals surface area contributed by atoms with Crippen LogP contribution in [-0.2, 0) is 11.3 Å². The molecule has 0 radical (unpaired) electrons. The average Bonchev–Trinajstić information content (AvgIpc) is 2.79. The lowest BCUT2D eigenvalue weighted by Gasteiger charge is -2.16. The zero-order chi connectivity index (χ0) is 14.1. The van der Waals surface area contributed by atoms with Gasteiger partial charge in [-0.3, -0.25) is 9.59 Å². The molecule has 0 spiro atoms. The van der Waals surface area contributed by atoms with Gasteiger partial charge in [-0.25, -0.2) is 0 Å². The molecule has 1 aliphatic rings. The highest BCUT2D eigenvalue weighted by Gasteiger charge is 2.30. The van der Waals surface area contributed by atoms with Crippen LogP contribution in [0.15, 0.2) is 35.1 Å². The van der Waals surface area contributed by atoms with Crippen molar-refractivity contribution in [3.8, 4) is 0 Å². The van der Waals surface area contributed by atoms with Crippen LogP contribution in [0.3, 0.4) is 0 Å². The number of rotatable bonds is 3. The first-order chi connectivity index (χ1) is 9.67. The highest BCUT2D eigenvalue weighted by Crippen LogP contribution is 2.20. The van der Waals surface area contributed by atoms with Gasteiger partial charge >= 0.3 is 0 Å². The summed E-state index contributed by atoms with van der Waals surface area (Å²) in [7, 11) is 0. The maximum Gasteiger partial charge on any atom is 0.248 e. The Balaban J connectivity index is 1.84. The molecule has 2 heterocycles. The Kier molecular flexibility index (Phi) is 3.28. The summed E-state index contributed by atoms with van der Waals surface area (Å²) >= 11 is 0. The molecular formula is C15H17N3O2. The van der Waals surface area contributed by atoms with E-state index < -0.39 is 0 Å². The molecule has 1 fully saturated rings. The Morgan fingerprint density at radius 3 is 2.80 bits per heavy atom. The number of hydrogen-bond acceptors (Lipinski definition) is 3. The quantitative estimate of drug-likeness (QED) is 0.868. The van der Waals surface area contributed by atoms with E-state index in [1.807, 2.05) is 23.1 Å². The van der Waals surface area contributed by atoms with Gasteiger partial charge in [0.1, 0.15) is 0 Å². The van der Waals surface area contributed by atoms with Crippen molar-refractivity contribution in [2.45, 2.75) is 13.0 Å². The Bertz CT molecular complexity index is 708. The molecule has 5 nitrogen and oxygen atoms in total. The summed E-state index contributed by atoms with van der Waals surface area (Å²) in [5, 5.41) is 0.987. The second kappa shape index (κ2) is 5.09. The summed E-state index contributed by atoms with van der Waals surface area (Å²) < 4.78 is 0. The highest BCUT2D eigenvalue weighted by atomic mass is 16.2. The first kappa shape index (κ1) is 12.9. The van der Waals surface area contributed by atoms with E-state index in [-0.39, 0.29) is 17.4 Å². The zero-order valence-corrected chi connectivity index (χ0v) is 11.1. The van der Waals surface area contributed by atoms with Crippen molar-refractivity contribution < 1.29 is 4.79 Å². The van der Waals surface area contributed by atoms with Crippen molar-refractivity contribution in [1.82, 2.24) is 9.88 Å². The zero-order valence-electron chi connectivity index (χ0n) is 11.1. The van der Waals surface area contributed by atoms with Gasteiger partial charge in [-0.2, -0.15) is 0 Å². The molecular weight excluding hydrogens is 254 g/mol. The normalized spacial score (nSPS) is 18.9. The van der Waals surface area contributed by atoms with Gasteiger partial charge in [0.2, 0.25) is 11.5 Å². The average molecular weight is 271 g/mol. The highest BCUT2D eigenvalue weighted by molar-refractivity contribution is 5.82. The van der Waals surface area contributed by atoms with Crippen molar-refractivity contribution >= 4 is 16.8 Å². The number of nitrogens with one attached hydrogen (secondary N) is 1. The lowest BCUT2D eigenvalue weighted by Crippen LogP contribution is -2.29. The molecule has 1 amide bonds. The fraction of sp³-hybridized carbons (Fsp3) is 0.333. The van der Waals surface area contributed by atoms with E-state index in [9.17, 15) is 9.59 Å². The first-order valence-electron chi connectivity index (χ1n) is 6.78. The maximum absolute atomic E-state index is 12.0. The van der Waals surface area contributed by atoms with Gasteiger partial charge in [-0.15, -0.1) is 0 Å². The topological polar surface area (TPSA) is 79.2 Å². The number of likely N-dealkylation sites (tertiary alicyclic amines) is 1. The molecule has 1 aliphatic heterocycles. The van der Waals surface area contributed by atoms with Gasteiger partial charge in [0.05, 0.1) is 5.92 Å². The first-order valence-corrected chi connectivity index (χ1v) is 6.78. The molecule has 3 N–H and O–H groups in total. The molecule has 0 unspecified atom stereocenters. The maximum atomic E-state index is 12.0. The van der Waals surface area contributed by atoms with Crippen LogP contribution < -0.4 is 11.3 Å². The molecule has 1 aromatic carbocycles. The molecule has 1 aromatic heterocycles. The molecule has 2 aromatic rings. The summed E-state index contributed by atoms with van der Waals surface area (Å²) in [6, 6.07) is 9.19. The monoisotopic (exact) mass is 271 g/mol. The number of carbonyl (C=O) groups excluding carboxylic acids is 1. The molecule has 0 saturated carbocycles. The summed E-state index contributed by atoms with van der Waals surface area (Å²) in [5.74, 6) is 0.101. The van der Waals surface area contributed by atoms with E-state index in [2.05, 4.69) is 4.98 Å². The molecule has 20 heavy (non-hydrogen) atoms. The van der Waals surface area contributed by atoms with E-state index in [1.165, 1.54) is 6.07 Å². The van der Waals surface area contributed by atoms with Gasteiger partial charge in [-0.05, 0) is 29.5 Å². The Hall–Kier alpha value is -2.14. The predicted octanol–water partition coefficient (Wildman–Crippen LogP) is 0.835. The van der Waals surface area contributed by atoms with Crippen LogP contribution in [0.1, 0.15) is 12.0 Å². The van der Waals surface area contributed by atoms with Gasteiger partial charge in [-0.1, -0.05) is 12.1 Å². The number of fused-ring (bicyclic) bond motifs is 1. The largest absolute Gasteiger partial charge is 0.338 e. The molecule has 3 rings (SSSR count). The predicted molar refractivity (Wildman–Crippen MR) is 77.1 cm³/mol. The minimum Gasteiger partial charge on any atom is -0.338 e. The minimum absolute atomic E-state index is 0.0322. The standard InChI is InChI=1S/C15H17N3O2/c16-8-12-5-6-18(15(12)20)9-10-1-2-11-3-4-14(19)17-13(11)7-10/h1-4,7,12H,5-6,8-9,16H2,(H,17,19)/t12-/m0/s1. The number of H-pyrrole nitrogens is 1. The van der Waals surface area contributed by atoms with Crippen molar-refractivity contribution in [3.05, 3.63) is 46.2 Å². The fourth-order valence-electron chi connectivity index (χ4n) is 2.69. The van der Waals surface area contributed by atoms with Gasteiger partial charge < -0.3 is 15.6 Å². The van der Waals surface area contributed by atoms with Crippen molar-refractivity contribution in [1.29, 1.82) is 0 Å². The van der Waals surface area contributed by atoms with Crippen molar-refractivity contribution in [2.24, 2.45) is 11.7 Å². The number of nitrogens with zero attached hydrogens (tertiary/aromatic N) is 1. The number of benzene rings is 1. The summed E-state index contributed by atoms with van der Waals surface area (Å²) in [4.78, 5) is 28.0. The summed E-state index contributed by atoms with van der Waals surface area (Å²) in [6.45, 7) is 1.74. The van der Waals surface area contributed by atoms with Crippen LogP contribution in [0.25, 0.3) is 10.9 Å². The lowest BCUT2D eigenvalue weighted by atomic mass is 10.1. The van der Waals surface area contributed by atoms with Crippen LogP contribution in [-0.4, -0.2) is 28.9 Å². The molecule has 0 bridgehead atoms. The Labute approximate surface area is 116 Å². The Morgan fingerprint density at radius 2 is 2.05 bits per heavy atom. The van der Waals surface area contributed by atoms with Crippen LogP contribution >= 0.6 is 0 Å². The van der Waals surface area contributed by atoms with E-state index in [4.69, 9.17) is 5.73 Å². The van der Waals surface area contributed by atoms with E-state index >= 15 is 0 Å². The fourth-order valence-corrected chi connectivity index (χ4v) is 2.69. The number of aromatic amines is 1. The van der Waals surface area contributed by atoms with Crippen molar-refractivity contribution in [2.75, 3.05) is 13.1 Å². The number of carbonyl (C=O) groups is 1. The number of nitrogens with two attached hydrogens (primary N) is 1. The van der Waals surface area contributed by atoms with Crippen molar-refractivity contribution in [3.63, 3.8) is 0 Å². The summed E-state index contributed by atoms with van der Waals surface area (Å²) in [5.41, 5.74) is 7.29. The summed E-state index contributed by atoms with van der Waals surface area (Å²) in [6.07, 6.45) is 0.833. The number of pyridine rings is 1. The third kappa shape index (κ3) is 2.32. The molecule has 1 atom stereocenters. The van der Waals surface area contributed by atoms with Crippen LogP contribution in [0.4, 0.5) is 0 Å². The van der Waals surface area contributed by atoms with Gasteiger partial charge in [0.25, 0.3) is 0 Å².